The average molecular weight is 292 g/mol. The molecule has 0 bridgehead atoms. The van der Waals surface area contributed by atoms with Crippen LogP contribution >= 0.6 is 0 Å². The monoisotopic (exact) mass is 292 g/mol. The number of halogens is 3. The molecular weight excluding hydrogens is 273 g/mol. The lowest BCUT2D eigenvalue weighted by Gasteiger charge is -2.18. The van der Waals surface area contributed by atoms with E-state index in [2.05, 4.69) is 10.2 Å². The molecule has 0 radical (unpaired) electrons. The molecule has 0 spiro atoms. The fourth-order valence-electron chi connectivity index (χ4n) is 1.61. The van der Waals surface area contributed by atoms with Crippen molar-refractivity contribution in [2.24, 2.45) is 5.84 Å². The Morgan fingerprint density at radius 1 is 1.30 bits per heavy atom. The van der Waals surface area contributed by atoms with Gasteiger partial charge in [-0.25, -0.2) is 0 Å². The third-order valence-corrected chi connectivity index (χ3v) is 2.38. The standard InChI is InChI=1S/C13H19F3N2O2/c1-9(2)20-11-5-3-4-10(6-11)12(18-17)7-19-8-13(14,15)16/h3-6,9,12,18H,7-8,17H2,1-2H3. The van der Waals surface area contributed by atoms with Crippen LogP contribution in [0.5, 0.6) is 5.75 Å². The summed E-state index contributed by atoms with van der Waals surface area (Å²) >= 11 is 0. The first kappa shape index (κ1) is 16.7. The van der Waals surface area contributed by atoms with Crippen LogP contribution in [0.1, 0.15) is 25.5 Å². The van der Waals surface area contributed by atoms with Gasteiger partial charge in [-0.15, -0.1) is 0 Å². The van der Waals surface area contributed by atoms with Crippen molar-refractivity contribution in [1.29, 1.82) is 0 Å². The van der Waals surface area contributed by atoms with Crippen LogP contribution in [0.2, 0.25) is 0 Å². The molecule has 7 heteroatoms. The van der Waals surface area contributed by atoms with Gasteiger partial charge in [0.25, 0.3) is 0 Å². The number of alkyl halides is 3. The van der Waals surface area contributed by atoms with E-state index in [-0.39, 0.29) is 12.7 Å². The van der Waals surface area contributed by atoms with E-state index < -0.39 is 18.8 Å². The normalized spacial score (nSPS) is 13.6. The van der Waals surface area contributed by atoms with Gasteiger partial charge in [-0.05, 0) is 31.5 Å². The molecule has 0 aromatic heterocycles. The van der Waals surface area contributed by atoms with Crippen LogP contribution in [0.4, 0.5) is 13.2 Å². The van der Waals surface area contributed by atoms with Crippen molar-refractivity contribution in [2.45, 2.75) is 32.2 Å². The van der Waals surface area contributed by atoms with Gasteiger partial charge in [0, 0.05) is 0 Å². The van der Waals surface area contributed by atoms with Crippen LogP contribution in [0.3, 0.4) is 0 Å². The van der Waals surface area contributed by atoms with Gasteiger partial charge in [-0.1, -0.05) is 12.1 Å². The molecule has 114 valence electrons. The fraction of sp³-hybridized carbons (Fsp3) is 0.538. The highest BCUT2D eigenvalue weighted by Crippen LogP contribution is 2.21. The largest absolute Gasteiger partial charge is 0.491 e. The predicted octanol–water partition coefficient (Wildman–Crippen LogP) is 2.56. The van der Waals surface area contributed by atoms with Crippen LogP contribution < -0.4 is 16.0 Å². The number of ether oxygens (including phenoxy) is 2. The molecule has 0 saturated heterocycles. The summed E-state index contributed by atoms with van der Waals surface area (Å²) in [6.07, 6.45) is -4.34. The second-order valence-corrected chi connectivity index (χ2v) is 4.59. The highest BCUT2D eigenvalue weighted by atomic mass is 19.4. The maximum absolute atomic E-state index is 12.0. The topological polar surface area (TPSA) is 56.5 Å². The minimum Gasteiger partial charge on any atom is -0.491 e. The number of benzene rings is 1. The number of hydrogen-bond acceptors (Lipinski definition) is 4. The summed E-state index contributed by atoms with van der Waals surface area (Å²) in [7, 11) is 0. The number of hydrogen-bond donors (Lipinski definition) is 2. The maximum atomic E-state index is 12.0. The van der Waals surface area contributed by atoms with Crippen molar-refractivity contribution in [3.63, 3.8) is 0 Å². The zero-order chi connectivity index (χ0) is 15.2. The average Bonchev–Trinajstić information content (AvgIpc) is 2.33. The summed E-state index contributed by atoms with van der Waals surface area (Å²) in [6, 6.07) is 6.46. The van der Waals surface area contributed by atoms with E-state index in [1.807, 2.05) is 13.8 Å². The summed E-state index contributed by atoms with van der Waals surface area (Å²) in [6.45, 7) is 2.30. The quantitative estimate of drug-likeness (QED) is 0.599. The van der Waals surface area contributed by atoms with Crippen LogP contribution in [-0.4, -0.2) is 25.5 Å². The molecule has 0 saturated carbocycles. The Labute approximate surface area is 116 Å². The number of nitrogens with two attached hydrogens (primary N) is 1. The van der Waals surface area contributed by atoms with Crippen molar-refractivity contribution in [1.82, 2.24) is 5.43 Å². The molecular formula is C13H19F3N2O2. The Bertz CT molecular complexity index is 411. The van der Waals surface area contributed by atoms with Crippen LogP contribution in [0.15, 0.2) is 24.3 Å². The van der Waals surface area contributed by atoms with Crippen molar-refractivity contribution in [3.8, 4) is 5.75 Å². The van der Waals surface area contributed by atoms with E-state index in [0.717, 1.165) is 0 Å². The lowest BCUT2D eigenvalue weighted by molar-refractivity contribution is -0.175. The van der Waals surface area contributed by atoms with Crippen molar-refractivity contribution >= 4 is 0 Å². The molecule has 3 N–H and O–H groups in total. The highest BCUT2D eigenvalue weighted by molar-refractivity contribution is 5.30. The van der Waals surface area contributed by atoms with Gasteiger partial charge in [0.15, 0.2) is 0 Å². The smallest absolute Gasteiger partial charge is 0.411 e. The van der Waals surface area contributed by atoms with E-state index in [9.17, 15) is 13.2 Å². The molecule has 20 heavy (non-hydrogen) atoms. The van der Waals surface area contributed by atoms with Gasteiger partial charge in [-0.2, -0.15) is 13.2 Å². The van der Waals surface area contributed by atoms with E-state index in [1.54, 1.807) is 24.3 Å². The van der Waals surface area contributed by atoms with Gasteiger partial charge in [0.05, 0.1) is 18.8 Å². The summed E-state index contributed by atoms with van der Waals surface area (Å²) in [5.74, 6) is 5.99. The molecule has 1 aromatic rings. The Hall–Kier alpha value is -1.31. The SMILES string of the molecule is CC(C)Oc1cccc(C(COCC(F)(F)F)NN)c1. The van der Waals surface area contributed by atoms with E-state index in [0.29, 0.717) is 11.3 Å². The molecule has 0 fully saturated rings. The molecule has 1 atom stereocenters. The molecule has 0 aliphatic carbocycles. The molecule has 0 aliphatic rings. The van der Waals surface area contributed by atoms with Crippen LogP contribution in [0.25, 0.3) is 0 Å². The van der Waals surface area contributed by atoms with E-state index in [4.69, 9.17) is 10.6 Å². The number of hydrazine groups is 1. The molecule has 1 aromatic carbocycles. The van der Waals surface area contributed by atoms with Crippen molar-refractivity contribution in [2.75, 3.05) is 13.2 Å². The zero-order valence-corrected chi connectivity index (χ0v) is 11.4. The first-order chi connectivity index (χ1) is 9.31. The number of nitrogens with one attached hydrogen (secondary N) is 1. The minimum absolute atomic E-state index is 0.0102. The summed E-state index contributed by atoms with van der Waals surface area (Å²) < 4.78 is 46.2. The summed E-state index contributed by atoms with van der Waals surface area (Å²) in [5, 5.41) is 0. The number of rotatable bonds is 7. The van der Waals surface area contributed by atoms with Gasteiger partial charge < -0.3 is 9.47 Å². The van der Waals surface area contributed by atoms with Gasteiger partial charge in [0.2, 0.25) is 0 Å². The van der Waals surface area contributed by atoms with E-state index in [1.165, 1.54) is 0 Å². The van der Waals surface area contributed by atoms with Gasteiger partial charge in [0.1, 0.15) is 12.4 Å². The molecule has 0 aliphatic heterocycles. The second kappa shape index (κ2) is 7.47. The third kappa shape index (κ3) is 6.23. The molecule has 4 nitrogen and oxygen atoms in total. The van der Waals surface area contributed by atoms with Gasteiger partial charge in [-0.3, -0.25) is 11.3 Å². The lowest BCUT2D eigenvalue weighted by atomic mass is 10.1. The Morgan fingerprint density at radius 2 is 2.00 bits per heavy atom. The minimum atomic E-state index is -4.35. The highest BCUT2D eigenvalue weighted by Gasteiger charge is 2.28. The van der Waals surface area contributed by atoms with Crippen LogP contribution in [0, 0.1) is 0 Å². The van der Waals surface area contributed by atoms with Crippen molar-refractivity contribution in [3.05, 3.63) is 29.8 Å². The van der Waals surface area contributed by atoms with Crippen molar-refractivity contribution < 1.29 is 22.6 Å². The lowest BCUT2D eigenvalue weighted by Crippen LogP contribution is -2.32. The fourth-order valence-corrected chi connectivity index (χ4v) is 1.61. The Balaban J connectivity index is 2.64. The summed E-state index contributed by atoms with van der Waals surface area (Å²) in [5.41, 5.74) is 3.14. The zero-order valence-electron chi connectivity index (χ0n) is 11.4. The molecule has 1 unspecified atom stereocenters. The second-order valence-electron chi connectivity index (χ2n) is 4.59. The molecule has 0 heterocycles. The Kier molecular flexibility index (Phi) is 6.25. The summed E-state index contributed by atoms with van der Waals surface area (Å²) in [4.78, 5) is 0. The predicted molar refractivity (Wildman–Crippen MR) is 69.1 cm³/mol. The van der Waals surface area contributed by atoms with E-state index >= 15 is 0 Å². The molecule has 0 amide bonds. The van der Waals surface area contributed by atoms with Crippen LogP contribution in [-0.2, 0) is 4.74 Å². The van der Waals surface area contributed by atoms with Gasteiger partial charge >= 0.3 is 6.18 Å². The third-order valence-electron chi connectivity index (χ3n) is 2.38. The molecule has 1 rings (SSSR count). The first-order valence-corrected chi connectivity index (χ1v) is 6.19. The first-order valence-electron chi connectivity index (χ1n) is 6.19. The maximum Gasteiger partial charge on any atom is 0.411 e. The Morgan fingerprint density at radius 3 is 2.55 bits per heavy atom.